The van der Waals surface area contributed by atoms with Crippen LogP contribution in [0.4, 0.5) is 14.9 Å². The van der Waals surface area contributed by atoms with E-state index < -0.39 is 20.0 Å². The summed E-state index contributed by atoms with van der Waals surface area (Å²) >= 11 is 0. The van der Waals surface area contributed by atoms with E-state index in [-0.39, 0.29) is 25.7 Å². The lowest BCUT2D eigenvalue weighted by Crippen LogP contribution is -2.48. The summed E-state index contributed by atoms with van der Waals surface area (Å²) in [5.41, 5.74) is 3.96. The zero-order valence-corrected chi connectivity index (χ0v) is 27.6. The zero-order chi connectivity index (χ0) is 32.8. The average molecular weight is 652 g/mol. The molecule has 0 aliphatic carbocycles. The van der Waals surface area contributed by atoms with Gasteiger partial charge in [-0.15, -0.1) is 0 Å². The fourth-order valence-corrected chi connectivity index (χ4v) is 6.21. The minimum atomic E-state index is -1.29. The zero-order valence-electron chi connectivity index (χ0n) is 26.6. The molecule has 0 saturated carbocycles. The third-order valence-corrected chi connectivity index (χ3v) is 9.75. The van der Waals surface area contributed by atoms with Crippen LogP contribution in [0, 0.1) is 5.82 Å². The Bertz CT molecular complexity index is 1670. The molecule has 1 saturated heterocycles. The van der Waals surface area contributed by atoms with E-state index in [0.29, 0.717) is 85.1 Å². The van der Waals surface area contributed by atoms with Crippen molar-refractivity contribution in [3.63, 3.8) is 0 Å². The number of pyridine rings is 1. The van der Waals surface area contributed by atoms with Crippen LogP contribution in [0.1, 0.15) is 12.0 Å². The van der Waals surface area contributed by atoms with E-state index in [0.717, 1.165) is 11.4 Å². The Labute approximate surface area is 268 Å². The Morgan fingerprint density at radius 2 is 1.83 bits per heavy atom. The highest BCUT2D eigenvalue weighted by Gasteiger charge is 2.24. The summed E-state index contributed by atoms with van der Waals surface area (Å²) in [5.74, 6) is -0.371. The van der Waals surface area contributed by atoms with Crippen LogP contribution in [0.2, 0.25) is 25.7 Å². The minimum Gasteiger partial charge on any atom is -0.506 e. The number of phenolic OH excluding ortho intramolecular Hbond substituents is 1. The van der Waals surface area contributed by atoms with Gasteiger partial charge in [0.25, 0.3) is 0 Å². The summed E-state index contributed by atoms with van der Waals surface area (Å²) in [7, 11) is -1.29. The monoisotopic (exact) mass is 651 g/mol. The number of aromatic hydroxyl groups is 1. The molecule has 3 N–H and O–H groups in total. The number of aliphatic hydroxyl groups is 1. The van der Waals surface area contributed by atoms with Gasteiger partial charge < -0.3 is 34.6 Å². The molecule has 2 aromatic heterocycles. The van der Waals surface area contributed by atoms with Crippen LogP contribution in [-0.4, -0.2) is 95.2 Å². The molecule has 1 amide bonds. The van der Waals surface area contributed by atoms with Crippen LogP contribution in [0.25, 0.3) is 33.4 Å². The van der Waals surface area contributed by atoms with Crippen LogP contribution < -0.4 is 4.90 Å². The molecule has 0 unspecified atom stereocenters. The number of carboxylic acid groups (broad SMARTS) is 1. The van der Waals surface area contributed by atoms with Gasteiger partial charge in [0, 0.05) is 70.6 Å². The quantitative estimate of drug-likeness (QED) is 0.124. The number of halogens is 1. The maximum Gasteiger partial charge on any atom is 0.407 e. The summed E-state index contributed by atoms with van der Waals surface area (Å²) in [6, 6.07) is 13.0. The standard InChI is InChI=1S/C33H42FN5O6Si/c1-46(2,3)17-16-45-22-39-29-20-35-27(31-24(6-4-7-26(31)34)21-44-15-5-14-40)19-25(29)32(36-39)23-8-9-28(30(41)18-23)37-10-12-38(13-11-37)33(42)43/h4,6-9,18-20,40-41H,5,10-17,21-22H2,1-3H3,(H,42,43). The van der Waals surface area contributed by atoms with E-state index in [4.69, 9.17) is 19.7 Å². The molecule has 46 heavy (non-hydrogen) atoms. The fourth-order valence-electron chi connectivity index (χ4n) is 5.45. The number of aromatic nitrogens is 3. The summed E-state index contributed by atoms with van der Waals surface area (Å²) in [4.78, 5) is 19.3. The van der Waals surface area contributed by atoms with Gasteiger partial charge >= 0.3 is 6.09 Å². The van der Waals surface area contributed by atoms with Crippen LogP contribution in [0.3, 0.4) is 0 Å². The third kappa shape index (κ3) is 7.84. The summed E-state index contributed by atoms with van der Waals surface area (Å²) in [5, 5.41) is 35.1. The predicted molar refractivity (Wildman–Crippen MR) is 177 cm³/mol. The van der Waals surface area contributed by atoms with Crippen molar-refractivity contribution in [3.8, 4) is 28.3 Å². The Hall–Kier alpha value is -4.04. The van der Waals surface area contributed by atoms with Gasteiger partial charge in [0.2, 0.25) is 0 Å². The third-order valence-electron chi connectivity index (χ3n) is 8.05. The van der Waals surface area contributed by atoms with Crippen molar-refractivity contribution in [2.24, 2.45) is 0 Å². The largest absolute Gasteiger partial charge is 0.506 e. The number of fused-ring (bicyclic) bond motifs is 1. The molecule has 5 rings (SSSR count). The smallest absolute Gasteiger partial charge is 0.407 e. The summed E-state index contributed by atoms with van der Waals surface area (Å²) in [6.45, 7) is 9.86. The van der Waals surface area contributed by atoms with Gasteiger partial charge in [-0.3, -0.25) is 4.98 Å². The number of piperazine rings is 1. The highest BCUT2D eigenvalue weighted by molar-refractivity contribution is 6.76. The van der Waals surface area contributed by atoms with Gasteiger partial charge in [0.1, 0.15) is 24.0 Å². The van der Waals surface area contributed by atoms with Crippen LogP contribution >= 0.6 is 0 Å². The molecule has 0 atom stereocenters. The molecule has 1 aliphatic rings. The molecular formula is C33H42FN5O6Si. The molecule has 3 heterocycles. The molecule has 1 fully saturated rings. The minimum absolute atomic E-state index is 0.0146. The first-order valence-corrected chi connectivity index (χ1v) is 19.2. The lowest BCUT2D eigenvalue weighted by Gasteiger charge is -2.34. The van der Waals surface area contributed by atoms with Crippen molar-refractivity contribution >= 4 is 30.8 Å². The number of nitrogens with zero attached hydrogens (tertiary/aromatic N) is 5. The molecule has 11 nitrogen and oxygen atoms in total. The Kier molecular flexibility index (Phi) is 10.6. The van der Waals surface area contributed by atoms with Gasteiger partial charge in [0.15, 0.2) is 0 Å². The Balaban J connectivity index is 1.50. The van der Waals surface area contributed by atoms with Crippen molar-refractivity contribution in [1.82, 2.24) is 19.7 Å². The van der Waals surface area contributed by atoms with Gasteiger partial charge in [-0.1, -0.05) is 37.8 Å². The first kappa shape index (κ1) is 33.3. The SMILES string of the molecule is C[Si](C)(C)CCOCn1nc(-c2ccc(N3CCN(C(=O)O)CC3)c(O)c2)c2cc(-c3c(F)cccc3COCCCO)ncc21. The van der Waals surface area contributed by atoms with Crippen LogP contribution in [0.5, 0.6) is 5.75 Å². The van der Waals surface area contributed by atoms with E-state index in [2.05, 4.69) is 24.6 Å². The number of anilines is 1. The molecule has 1 aliphatic heterocycles. The topological polar surface area (TPSA) is 133 Å². The first-order chi connectivity index (χ1) is 22.1. The number of ether oxygens (including phenoxy) is 2. The van der Waals surface area contributed by atoms with E-state index in [9.17, 15) is 15.0 Å². The Morgan fingerprint density at radius 3 is 2.52 bits per heavy atom. The second-order valence-corrected chi connectivity index (χ2v) is 18.3. The normalized spacial score (nSPS) is 13.9. The number of rotatable bonds is 13. The van der Waals surface area contributed by atoms with E-state index in [1.54, 1.807) is 29.1 Å². The van der Waals surface area contributed by atoms with Gasteiger partial charge in [-0.25, -0.2) is 13.9 Å². The van der Waals surface area contributed by atoms with Crippen molar-refractivity contribution in [2.45, 2.75) is 45.4 Å². The van der Waals surface area contributed by atoms with E-state index in [1.165, 1.54) is 11.0 Å². The molecule has 13 heteroatoms. The van der Waals surface area contributed by atoms with Crippen LogP contribution in [0.15, 0.2) is 48.7 Å². The lowest BCUT2D eigenvalue weighted by molar-refractivity contribution is 0.0818. The molecule has 246 valence electrons. The van der Waals surface area contributed by atoms with Crippen molar-refractivity contribution < 1.29 is 34.0 Å². The van der Waals surface area contributed by atoms with E-state index >= 15 is 4.39 Å². The first-order valence-electron chi connectivity index (χ1n) is 15.5. The van der Waals surface area contributed by atoms with Crippen molar-refractivity contribution in [1.29, 1.82) is 0 Å². The Morgan fingerprint density at radius 1 is 1.04 bits per heavy atom. The molecular weight excluding hydrogens is 609 g/mol. The number of benzene rings is 2. The lowest BCUT2D eigenvalue weighted by atomic mass is 10.0. The number of phenols is 1. The van der Waals surface area contributed by atoms with Gasteiger partial charge in [0.05, 0.1) is 29.7 Å². The maximum absolute atomic E-state index is 15.3. The van der Waals surface area contributed by atoms with Gasteiger partial charge in [-0.05, 0) is 42.3 Å². The second-order valence-electron chi connectivity index (χ2n) is 12.6. The maximum atomic E-state index is 15.3. The van der Waals surface area contributed by atoms with Crippen molar-refractivity contribution in [2.75, 3.05) is 50.9 Å². The predicted octanol–water partition coefficient (Wildman–Crippen LogP) is 5.62. The highest BCUT2D eigenvalue weighted by Crippen LogP contribution is 2.37. The number of hydrogen-bond donors (Lipinski definition) is 3. The number of hydrogen-bond acceptors (Lipinski definition) is 8. The highest BCUT2D eigenvalue weighted by atomic mass is 28.3. The second kappa shape index (κ2) is 14.6. The number of aliphatic hydroxyl groups excluding tert-OH is 1. The molecule has 2 aromatic carbocycles. The average Bonchev–Trinajstić information content (AvgIpc) is 3.39. The fraction of sp³-hybridized carbons (Fsp3) is 0.424. The van der Waals surface area contributed by atoms with Crippen LogP contribution in [-0.2, 0) is 22.8 Å². The summed E-state index contributed by atoms with van der Waals surface area (Å²) in [6.07, 6.45) is 1.21. The molecule has 0 radical (unpaired) electrons. The molecule has 0 bridgehead atoms. The van der Waals surface area contributed by atoms with E-state index in [1.807, 2.05) is 23.1 Å². The molecule has 0 spiro atoms. The number of carbonyl (C=O) groups is 1. The van der Waals surface area contributed by atoms with Gasteiger partial charge in [-0.2, -0.15) is 5.10 Å². The summed E-state index contributed by atoms with van der Waals surface area (Å²) < 4.78 is 28.8. The van der Waals surface area contributed by atoms with Crippen molar-refractivity contribution in [3.05, 3.63) is 60.0 Å². The molecule has 4 aromatic rings. The number of amides is 1.